The second-order valence-corrected chi connectivity index (χ2v) is 6.43. The maximum absolute atomic E-state index is 12.9. The number of benzene rings is 2. The number of ether oxygens (including phenoxy) is 2. The molecule has 8 nitrogen and oxygen atoms in total. The number of urea groups is 1. The maximum atomic E-state index is 12.9. The van der Waals surface area contributed by atoms with E-state index in [1.54, 1.807) is 49.4 Å². The van der Waals surface area contributed by atoms with Crippen molar-refractivity contribution in [3.63, 3.8) is 0 Å². The first kappa shape index (κ1) is 19.2. The van der Waals surface area contributed by atoms with E-state index in [-0.39, 0.29) is 0 Å². The average Bonchev–Trinajstić information content (AvgIpc) is 2.93. The molecule has 0 bridgehead atoms. The van der Waals surface area contributed by atoms with Crippen LogP contribution in [-0.4, -0.2) is 43.5 Å². The van der Waals surface area contributed by atoms with Crippen molar-refractivity contribution >= 4 is 23.5 Å². The van der Waals surface area contributed by atoms with Crippen molar-refractivity contribution in [3.05, 3.63) is 54.1 Å². The molecule has 28 heavy (non-hydrogen) atoms. The van der Waals surface area contributed by atoms with Crippen LogP contribution >= 0.6 is 0 Å². The van der Waals surface area contributed by atoms with Crippen molar-refractivity contribution in [1.29, 1.82) is 0 Å². The fraction of sp³-hybridized carbons (Fsp3) is 0.250. The van der Waals surface area contributed by atoms with Crippen molar-refractivity contribution in [2.45, 2.75) is 12.5 Å². The molecule has 4 amide bonds. The molecule has 2 aromatic rings. The molecule has 1 atom stereocenters. The van der Waals surface area contributed by atoms with Gasteiger partial charge in [-0.15, -0.1) is 0 Å². The predicted molar refractivity (Wildman–Crippen MR) is 102 cm³/mol. The van der Waals surface area contributed by atoms with E-state index >= 15 is 0 Å². The Bertz CT molecular complexity index is 915. The average molecular weight is 383 g/mol. The van der Waals surface area contributed by atoms with Crippen LogP contribution in [0.3, 0.4) is 0 Å². The summed E-state index contributed by atoms with van der Waals surface area (Å²) in [6.45, 7) is 1.20. The van der Waals surface area contributed by atoms with Gasteiger partial charge in [-0.2, -0.15) is 0 Å². The van der Waals surface area contributed by atoms with Crippen LogP contribution in [-0.2, 0) is 15.1 Å². The van der Waals surface area contributed by atoms with Crippen molar-refractivity contribution in [3.8, 4) is 11.5 Å². The minimum atomic E-state index is -1.21. The summed E-state index contributed by atoms with van der Waals surface area (Å²) < 4.78 is 10.4. The predicted octanol–water partition coefficient (Wildman–Crippen LogP) is 2.11. The third-order valence-electron chi connectivity index (χ3n) is 4.61. The zero-order valence-electron chi connectivity index (χ0n) is 15.8. The molecule has 0 aromatic heterocycles. The summed E-state index contributed by atoms with van der Waals surface area (Å²) in [7, 11) is 2.99. The molecule has 1 heterocycles. The molecule has 0 aliphatic carbocycles. The molecule has 1 fully saturated rings. The number of nitrogens with zero attached hydrogens (tertiary/aromatic N) is 1. The Hall–Kier alpha value is -3.55. The summed E-state index contributed by atoms with van der Waals surface area (Å²) in [5.74, 6) is -0.0357. The third kappa shape index (κ3) is 3.48. The fourth-order valence-corrected chi connectivity index (χ4v) is 3.04. The number of hydrogen-bond donors (Lipinski definition) is 2. The van der Waals surface area contributed by atoms with Gasteiger partial charge in [-0.3, -0.25) is 14.5 Å². The Labute approximate surface area is 162 Å². The molecule has 1 saturated heterocycles. The zero-order chi connectivity index (χ0) is 20.3. The van der Waals surface area contributed by atoms with Crippen molar-refractivity contribution in [2.75, 3.05) is 26.1 Å². The van der Waals surface area contributed by atoms with Gasteiger partial charge in [-0.05, 0) is 24.6 Å². The molecule has 3 rings (SSSR count). The molecule has 0 spiro atoms. The normalized spacial score (nSPS) is 18.6. The topological polar surface area (TPSA) is 97.0 Å². The highest BCUT2D eigenvalue weighted by atomic mass is 16.5. The molecule has 8 heteroatoms. The summed E-state index contributed by atoms with van der Waals surface area (Å²) >= 11 is 0. The number of amides is 4. The second kappa shape index (κ2) is 7.59. The summed E-state index contributed by atoms with van der Waals surface area (Å²) in [5, 5.41) is 5.32. The Morgan fingerprint density at radius 1 is 1.11 bits per heavy atom. The van der Waals surface area contributed by atoms with Gasteiger partial charge < -0.3 is 20.1 Å². The van der Waals surface area contributed by atoms with Crippen LogP contribution in [0.4, 0.5) is 10.5 Å². The van der Waals surface area contributed by atoms with Crippen LogP contribution in [0.5, 0.6) is 11.5 Å². The number of carbonyl (C=O) groups is 3. The van der Waals surface area contributed by atoms with Crippen molar-refractivity contribution in [1.82, 2.24) is 10.2 Å². The molecule has 0 unspecified atom stereocenters. The minimum absolute atomic E-state index is 0.402. The standard InChI is InChI=1S/C20H21N3O5/c1-20(13-7-5-4-6-8-13)18(25)23(19(26)22-20)12-17(24)21-15-10-9-14(27-2)11-16(15)28-3/h4-11H,12H2,1-3H3,(H,21,24)(H,22,26)/t20-/m0/s1. The van der Waals surface area contributed by atoms with Gasteiger partial charge in [0.2, 0.25) is 5.91 Å². The van der Waals surface area contributed by atoms with Gasteiger partial charge in [0, 0.05) is 6.07 Å². The van der Waals surface area contributed by atoms with E-state index in [1.165, 1.54) is 14.2 Å². The number of methoxy groups -OCH3 is 2. The number of hydrogen-bond acceptors (Lipinski definition) is 5. The van der Waals surface area contributed by atoms with E-state index in [9.17, 15) is 14.4 Å². The fourth-order valence-electron chi connectivity index (χ4n) is 3.04. The van der Waals surface area contributed by atoms with E-state index < -0.39 is 29.9 Å². The molecule has 1 aliphatic rings. The summed E-state index contributed by atoms with van der Waals surface area (Å²) in [6.07, 6.45) is 0. The van der Waals surface area contributed by atoms with E-state index in [4.69, 9.17) is 9.47 Å². The maximum Gasteiger partial charge on any atom is 0.325 e. The van der Waals surface area contributed by atoms with Crippen LogP contribution in [0.2, 0.25) is 0 Å². The van der Waals surface area contributed by atoms with Crippen LogP contribution in [0.25, 0.3) is 0 Å². The van der Waals surface area contributed by atoms with Crippen LogP contribution in [0, 0.1) is 0 Å². The number of carbonyl (C=O) groups excluding carboxylic acids is 3. The monoisotopic (exact) mass is 383 g/mol. The molecule has 1 aliphatic heterocycles. The molecule has 146 valence electrons. The Morgan fingerprint density at radius 3 is 2.46 bits per heavy atom. The minimum Gasteiger partial charge on any atom is -0.497 e. The summed E-state index contributed by atoms with van der Waals surface area (Å²) in [4.78, 5) is 38.6. The lowest BCUT2D eigenvalue weighted by Crippen LogP contribution is -2.42. The number of rotatable bonds is 6. The highest BCUT2D eigenvalue weighted by molar-refractivity contribution is 6.10. The van der Waals surface area contributed by atoms with Crippen LogP contribution in [0.15, 0.2) is 48.5 Å². The van der Waals surface area contributed by atoms with Crippen LogP contribution < -0.4 is 20.1 Å². The van der Waals surface area contributed by atoms with E-state index in [2.05, 4.69) is 10.6 Å². The summed E-state index contributed by atoms with van der Waals surface area (Å²) in [5.41, 5.74) is -0.157. The molecular formula is C20H21N3O5. The Kier molecular flexibility index (Phi) is 5.21. The lowest BCUT2D eigenvalue weighted by Gasteiger charge is -2.22. The van der Waals surface area contributed by atoms with Gasteiger partial charge >= 0.3 is 6.03 Å². The molecule has 0 radical (unpaired) electrons. The number of imide groups is 1. The van der Waals surface area contributed by atoms with Gasteiger partial charge in [0.25, 0.3) is 5.91 Å². The van der Waals surface area contributed by atoms with Gasteiger partial charge in [0.15, 0.2) is 0 Å². The first-order valence-corrected chi connectivity index (χ1v) is 8.60. The zero-order valence-corrected chi connectivity index (χ0v) is 15.8. The highest BCUT2D eigenvalue weighted by Gasteiger charge is 2.49. The molecular weight excluding hydrogens is 362 g/mol. The first-order chi connectivity index (χ1) is 13.4. The molecule has 2 N–H and O–H groups in total. The van der Waals surface area contributed by atoms with E-state index in [0.29, 0.717) is 22.7 Å². The van der Waals surface area contributed by atoms with Gasteiger partial charge in [0.1, 0.15) is 23.6 Å². The van der Waals surface area contributed by atoms with Gasteiger partial charge in [-0.25, -0.2) is 4.79 Å². The van der Waals surface area contributed by atoms with Gasteiger partial charge in [0.05, 0.1) is 19.9 Å². The Balaban J connectivity index is 1.74. The van der Waals surface area contributed by atoms with Crippen molar-refractivity contribution < 1.29 is 23.9 Å². The third-order valence-corrected chi connectivity index (χ3v) is 4.61. The van der Waals surface area contributed by atoms with E-state index in [0.717, 1.165) is 4.90 Å². The Morgan fingerprint density at radius 2 is 1.82 bits per heavy atom. The van der Waals surface area contributed by atoms with Gasteiger partial charge in [-0.1, -0.05) is 30.3 Å². The lowest BCUT2D eigenvalue weighted by atomic mass is 9.92. The van der Waals surface area contributed by atoms with E-state index in [1.807, 2.05) is 6.07 Å². The molecule has 2 aromatic carbocycles. The number of nitrogens with one attached hydrogen (secondary N) is 2. The van der Waals surface area contributed by atoms with Crippen molar-refractivity contribution in [2.24, 2.45) is 0 Å². The second-order valence-electron chi connectivity index (χ2n) is 6.43. The SMILES string of the molecule is COc1ccc(NC(=O)CN2C(=O)N[C@@](C)(c3ccccc3)C2=O)c(OC)c1. The quantitative estimate of drug-likeness (QED) is 0.745. The lowest BCUT2D eigenvalue weighted by molar-refractivity contribution is -0.133. The molecule has 0 saturated carbocycles. The summed E-state index contributed by atoms with van der Waals surface area (Å²) in [6, 6.07) is 13.2. The largest absolute Gasteiger partial charge is 0.497 e. The highest BCUT2D eigenvalue weighted by Crippen LogP contribution is 2.30. The smallest absolute Gasteiger partial charge is 0.325 e. The first-order valence-electron chi connectivity index (χ1n) is 8.60. The van der Waals surface area contributed by atoms with Crippen LogP contribution in [0.1, 0.15) is 12.5 Å². The number of anilines is 1.